The number of nitrogens with zero attached hydrogens (tertiary/aromatic N) is 3. The van der Waals surface area contributed by atoms with Gasteiger partial charge in [-0.2, -0.15) is 10.4 Å². The Kier molecular flexibility index (Phi) is 3.47. The highest BCUT2D eigenvalue weighted by atomic mass is 16.5. The van der Waals surface area contributed by atoms with Crippen molar-refractivity contribution in [1.29, 1.82) is 5.26 Å². The summed E-state index contributed by atoms with van der Waals surface area (Å²) in [5.41, 5.74) is 8.17. The molecule has 1 unspecified atom stereocenters. The number of hydrogen-bond acceptors (Lipinski definition) is 5. The van der Waals surface area contributed by atoms with Crippen LogP contribution in [-0.2, 0) is 6.42 Å². The van der Waals surface area contributed by atoms with E-state index in [0.717, 1.165) is 51.8 Å². The second-order valence-corrected chi connectivity index (χ2v) is 6.90. The Morgan fingerprint density at radius 3 is 3.04 bits per heavy atom. The van der Waals surface area contributed by atoms with Crippen LogP contribution in [0.3, 0.4) is 0 Å². The molecule has 2 heterocycles. The molecule has 132 valence electrons. The molecule has 1 atom stereocenters. The average molecular weight is 355 g/mol. The summed E-state index contributed by atoms with van der Waals surface area (Å²) in [6.45, 7) is 2.04. The maximum atomic E-state index is 9.25. The maximum absolute atomic E-state index is 9.25. The van der Waals surface area contributed by atoms with Crippen LogP contribution in [0.25, 0.3) is 22.2 Å². The van der Waals surface area contributed by atoms with Crippen molar-refractivity contribution < 1.29 is 4.52 Å². The molecule has 0 saturated carbocycles. The van der Waals surface area contributed by atoms with E-state index in [1.165, 1.54) is 11.1 Å². The molecule has 2 aromatic heterocycles. The lowest BCUT2D eigenvalue weighted by molar-refractivity contribution is 0.420. The van der Waals surface area contributed by atoms with Gasteiger partial charge in [-0.15, -0.1) is 0 Å². The predicted molar refractivity (Wildman–Crippen MR) is 102 cm³/mol. The molecule has 5 rings (SSSR count). The van der Waals surface area contributed by atoms with Gasteiger partial charge in [0, 0.05) is 11.1 Å². The van der Waals surface area contributed by atoms with Gasteiger partial charge in [0.25, 0.3) is 0 Å². The lowest BCUT2D eigenvalue weighted by Crippen LogP contribution is -2.07. The van der Waals surface area contributed by atoms with Gasteiger partial charge in [-0.3, -0.25) is 5.10 Å². The summed E-state index contributed by atoms with van der Waals surface area (Å²) < 4.78 is 4.95. The number of aromatic nitrogens is 3. The van der Waals surface area contributed by atoms with Crippen molar-refractivity contribution in [3.8, 4) is 17.3 Å². The molecule has 0 aliphatic heterocycles. The van der Waals surface area contributed by atoms with Gasteiger partial charge in [-0.05, 0) is 60.7 Å². The SMILES string of the molecule is Cc1c(C#N)ccc2c1CCC2Nc1ccc2[nH]nc(-c3cnoc3)c2c1. The van der Waals surface area contributed by atoms with Crippen LogP contribution in [0.5, 0.6) is 0 Å². The first kappa shape index (κ1) is 15.6. The summed E-state index contributed by atoms with van der Waals surface area (Å²) in [7, 11) is 0. The summed E-state index contributed by atoms with van der Waals surface area (Å²) in [6, 6.07) is 12.7. The monoisotopic (exact) mass is 355 g/mol. The van der Waals surface area contributed by atoms with Crippen molar-refractivity contribution in [1.82, 2.24) is 15.4 Å². The van der Waals surface area contributed by atoms with Crippen LogP contribution in [-0.4, -0.2) is 15.4 Å². The predicted octanol–water partition coefficient (Wildman–Crippen LogP) is 4.50. The standard InChI is InChI=1S/C21H17N5O/c1-12-13(9-22)2-4-17-16(12)5-7-19(17)24-15-3-6-20-18(8-15)21(26-25-20)14-10-23-27-11-14/h2-4,6,8,10-11,19,24H,5,7H2,1H3,(H,25,26). The van der Waals surface area contributed by atoms with E-state index >= 15 is 0 Å². The summed E-state index contributed by atoms with van der Waals surface area (Å²) in [4.78, 5) is 0. The molecule has 0 bridgehead atoms. The molecule has 6 nitrogen and oxygen atoms in total. The molecule has 2 aromatic carbocycles. The lowest BCUT2D eigenvalue weighted by atomic mass is 9.98. The first-order valence-corrected chi connectivity index (χ1v) is 8.91. The van der Waals surface area contributed by atoms with E-state index in [1.807, 2.05) is 19.1 Å². The molecule has 4 aromatic rings. The van der Waals surface area contributed by atoms with E-state index in [0.29, 0.717) is 0 Å². The van der Waals surface area contributed by atoms with Crippen LogP contribution < -0.4 is 5.32 Å². The minimum atomic E-state index is 0.245. The third-order valence-electron chi connectivity index (χ3n) is 5.42. The van der Waals surface area contributed by atoms with Crippen molar-refractivity contribution in [3.05, 3.63) is 65.0 Å². The van der Waals surface area contributed by atoms with Crippen LogP contribution in [0, 0.1) is 18.3 Å². The quantitative estimate of drug-likeness (QED) is 0.565. The summed E-state index contributed by atoms with van der Waals surface area (Å²) in [6.07, 6.45) is 5.28. The fraction of sp³-hybridized carbons (Fsp3) is 0.190. The number of rotatable bonds is 3. The van der Waals surface area contributed by atoms with Gasteiger partial charge in [0.1, 0.15) is 12.0 Å². The molecule has 27 heavy (non-hydrogen) atoms. The summed E-state index contributed by atoms with van der Waals surface area (Å²) in [5, 5.41) is 25.1. The molecule has 1 aliphatic rings. The molecule has 0 spiro atoms. The van der Waals surface area contributed by atoms with Crippen LogP contribution in [0.15, 0.2) is 47.3 Å². The Bertz CT molecular complexity index is 1180. The molecule has 0 radical (unpaired) electrons. The number of aromatic amines is 1. The van der Waals surface area contributed by atoms with Gasteiger partial charge in [0.15, 0.2) is 0 Å². The highest BCUT2D eigenvalue weighted by Gasteiger charge is 2.25. The smallest absolute Gasteiger partial charge is 0.133 e. The third kappa shape index (κ3) is 2.48. The molecule has 6 heteroatoms. The first-order chi connectivity index (χ1) is 13.2. The number of nitriles is 1. The zero-order valence-electron chi connectivity index (χ0n) is 14.8. The number of hydrogen-bond donors (Lipinski definition) is 2. The minimum Gasteiger partial charge on any atom is -0.378 e. The lowest BCUT2D eigenvalue weighted by Gasteiger charge is -2.16. The second kappa shape index (κ2) is 5.99. The zero-order valence-corrected chi connectivity index (χ0v) is 14.8. The molecule has 0 saturated heterocycles. The minimum absolute atomic E-state index is 0.245. The molecule has 1 aliphatic carbocycles. The average Bonchev–Trinajstić information content (AvgIpc) is 3.41. The summed E-state index contributed by atoms with van der Waals surface area (Å²) >= 11 is 0. The highest BCUT2D eigenvalue weighted by molar-refractivity contribution is 5.94. The normalized spacial score (nSPS) is 15.6. The van der Waals surface area contributed by atoms with Crippen LogP contribution in [0.2, 0.25) is 0 Å². The van der Waals surface area contributed by atoms with Gasteiger partial charge in [0.2, 0.25) is 0 Å². The number of H-pyrrole nitrogens is 1. The topological polar surface area (TPSA) is 90.5 Å². The number of nitrogens with one attached hydrogen (secondary N) is 2. The van der Waals surface area contributed by atoms with E-state index in [4.69, 9.17) is 4.52 Å². The Hall–Kier alpha value is -3.59. The van der Waals surface area contributed by atoms with Gasteiger partial charge in [-0.25, -0.2) is 0 Å². The number of fused-ring (bicyclic) bond motifs is 2. The van der Waals surface area contributed by atoms with Gasteiger partial charge < -0.3 is 9.84 Å². The van der Waals surface area contributed by atoms with Crippen molar-refractivity contribution in [2.75, 3.05) is 5.32 Å². The van der Waals surface area contributed by atoms with Gasteiger partial charge in [0.05, 0.1) is 35.0 Å². The Balaban J connectivity index is 1.49. The fourth-order valence-corrected chi connectivity index (χ4v) is 4.00. The van der Waals surface area contributed by atoms with Crippen molar-refractivity contribution in [2.24, 2.45) is 0 Å². The van der Waals surface area contributed by atoms with E-state index in [2.05, 4.69) is 44.9 Å². The van der Waals surface area contributed by atoms with Crippen molar-refractivity contribution in [2.45, 2.75) is 25.8 Å². The largest absolute Gasteiger partial charge is 0.378 e. The first-order valence-electron chi connectivity index (χ1n) is 8.91. The summed E-state index contributed by atoms with van der Waals surface area (Å²) in [5.74, 6) is 0. The Morgan fingerprint density at radius 2 is 2.22 bits per heavy atom. The van der Waals surface area contributed by atoms with Crippen LogP contribution >= 0.6 is 0 Å². The maximum Gasteiger partial charge on any atom is 0.133 e. The molecule has 0 fully saturated rings. The zero-order chi connectivity index (χ0) is 18.4. The van der Waals surface area contributed by atoms with Gasteiger partial charge >= 0.3 is 0 Å². The number of benzene rings is 2. The van der Waals surface area contributed by atoms with Crippen molar-refractivity contribution >= 4 is 16.6 Å². The highest BCUT2D eigenvalue weighted by Crippen LogP contribution is 2.37. The van der Waals surface area contributed by atoms with Crippen LogP contribution in [0.1, 0.15) is 34.7 Å². The van der Waals surface area contributed by atoms with E-state index in [-0.39, 0.29) is 6.04 Å². The van der Waals surface area contributed by atoms with Crippen LogP contribution in [0.4, 0.5) is 5.69 Å². The molecular weight excluding hydrogens is 338 g/mol. The number of anilines is 1. The molecular formula is C21H17N5O. The second-order valence-electron chi connectivity index (χ2n) is 6.90. The molecule has 0 amide bonds. The third-order valence-corrected chi connectivity index (χ3v) is 5.42. The van der Waals surface area contributed by atoms with E-state index < -0.39 is 0 Å². The van der Waals surface area contributed by atoms with Crippen molar-refractivity contribution in [3.63, 3.8) is 0 Å². The Morgan fingerprint density at radius 1 is 1.30 bits per heavy atom. The van der Waals surface area contributed by atoms with E-state index in [9.17, 15) is 5.26 Å². The fourth-order valence-electron chi connectivity index (χ4n) is 4.00. The Labute approximate surface area is 155 Å². The van der Waals surface area contributed by atoms with Gasteiger partial charge in [-0.1, -0.05) is 11.2 Å². The van der Waals surface area contributed by atoms with E-state index in [1.54, 1.807) is 12.5 Å². The molecule has 2 N–H and O–H groups in total.